The summed E-state index contributed by atoms with van der Waals surface area (Å²) in [6, 6.07) is 67.1. The van der Waals surface area contributed by atoms with E-state index in [2.05, 4.69) is 182 Å². The minimum absolute atomic E-state index is 0.731. The number of thiophene rings is 2. The Labute approximate surface area is 342 Å². The first-order valence-corrected chi connectivity index (χ1v) is 21.1. The summed E-state index contributed by atoms with van der Waals surface area (Å²) in [7, 11) is 0. The van der Waals surface area contributed by atoms with Gasteiger partial charge in [0.05, 0.1) is 22.6 Å². The Morgan fingerprint density at radius 2 is 0.897 bits per heavy atom. The Hall–Kier alpha value is -7.05. The van der Waals surface area contributed by atoms with Crippen LogP contribution in [0.5, 0.6) is 0 Å². The fourth-order valence-corrected chi connectivity index (χ4v) is 10.8. The molecular weight excluding hydrogens is 743 g/mol. The maximum absolute atomic E-state index is 5.28. The molecule has 0 fully saturated rings. The third-order valence-corrected chi connectivity index (χ3v) is 13.6. The summed E-state index contributed by atoms with van der Waals surface area (Å²) in [5.41, 5.74) is 10.5. The van der Waals surface area contributed by atoms with Crippen LogP contribution in [0.2, 0.25) is 0 Å². The van der Waals surface area contributed by atoms with Gasteiger partial charge in [0.25, 0.3) is 0 Å². The zero-order valence-electron chi connectivity index (χ0n) is 31.1. The Balaban J connectivity index is 1.000. The number of hydrogen-bond acceptors (Lipinski definition) is 5. The van der Waals surface area contributed by atoms with Crippen molar-refractivity contribution in [2.75, 3.05) is 0 Å². The molecule has 0 radical (unpaired) electrons. The summed E-state index contributed by atoms with van der Waals surface area (Å²) < 4.78 is 5.07. The summed E-state index contributed by atoms with van der Waals surface area (Å²) in [4.78, 5) is 15.7. The maximum Gasteiger partial charge on any atom is 0.161 e. The van der Waals surface area contributed by atoms with Crippen molar-refractivity contribution in [1.29, 1.82) is 0 Å². The van der Waals surface area contributed by atoms with E-state index in [1.807, 2.05) is 28.7 Å². The zero-order chi connectivity index (χ0) is 38.2. The molecule has 12 aromatic rings. The Morgan fingerprint density at radius 3 is 1.69 bits per heavy atom. The minimum Gasteiger partial charge on any atom is -0.247 e. The van der Waals surface area contributed by atoms with Gasteiger partial charge in [-0.05, 0) is 53.6 Å². The van der Waals surface area contributed by atoms with Crippen molar-refractivity contribution in [3.05, 3.63) is 188 Å². The van der Waals surface area contributed by atoms with Crippen LogP contribution < -0.4 is 0 Å². The van der Waals surface area contributed by atoms with E-state index in [0.717, 1.165) is 56.2 Å². The van der Waals surface area contributed by atoms with E-state index < -0.39 is 0 Å². The molecule has 4 aromatic heterocycles. The van der Waals surface area contributed by atoms with Crippen molar-refractivity contribution in [3.63, 3.8) is 0 Å². The van der Waals surface area contributed by atoms with Gasteiger partial charge in [-0.3, -0.25) is 0 Å². The molecule has 0 unspecified atom stereocenters. The van der Waals surface area contributed by atoms with Crippen LogP contribution in [0.3, 0.4) is 0 Å². The summed E-state index contributed by atoms with van der Waals surface area (Å²) in [6.45, 7) is 0. The Kier molecular flexibility index (Phi) is 7.58. The normalized spacial score (nSPS) is 11.8. The molecule has 0 aliphatic rings. The molecule has 270 valence electrons. The molecule has 3 nitrogen and oxygen atoms in total. The monoisotopic (exact) mass is 773 g/mol. The molecule has 0 bridgehead atoms. The zero-order valence-corrected chi connectivity index (χ0v) is 32.7. The molecule has 0 saturated heterocycles. The van der Waals surface area contributed by atoms with Gasteiger partial charge in [0.1, 0.15) is 0 Å². The smallest absolute Gasteiger partial charge is 0.161 e. The minimum atomic E-state index is 0.731. The second-order valence-electron chi connectivity index (χ2n) is 14.7. The first-order valence-electron chi connectivity index (χ1n) is 19.4. The van der Waals surface area contributed by atoms with Gasteiger partial charge in [-0.2, -0.15) is 0 Å². The average Bonchev–Trinajstić information content (AvgIpc) is 3.87. The van der Waals surface area contributed by atoms with Crippen LogP contribution >= 0.6 is 22.7 Å². The van der Waals surface area contributed by atoms with Gasteiger partial charge in [-0.1, -0.05) is 146 Å². The van der Waals surface area contributed by atoms with E-state index in [0.29, 0.717) is 0 Å². The van der Waals surface area contributed by atoms with Crippen molar-refractivity contribution in [2.24, 2.45) is 0 Å². The van der Waals surface area contributed by atoms with Gasteiger partial charge >= 0.3 is 0 Å². The molecular formula is C53H31N3S2. The van der Waals surface area contributed by atoms with Gasteiger partial charge < -0.3 is 0 Å². The van der Waals surface area contributed by atoms with Gasteiger partial charge in [0, 0.05) is 78.8 Å². The maximum atomic E-state index is 5.28. The molecule has 0 atom stereocenters. The van der Waals surface area contributed by atoms with E-state index in [4.69, 9.17) is 15.0 Å². The molecule has 0 aliphatic carbocycles. The standard InChI is InChI=1S/C53H31N3S2/c1-3-12-33(13-4-1)43-31-44(56-53(55-43)40-18-11-21-47-49(40)38-17-8-10-20-45(38)57-47)34-24-22-32(23-25-34)36-26-28-46-41(30-36)51-48(58-46)29-27-39-50(51)37-16-7-9-19-42(37)54-52(39)35-14-5-2-6-15-35/h1-31H. The van der Waals surface area contributed by atoms with Crippen LogP contribution in [-0.4, -0.2) is 15.0 Å². The highest BCUT2D eigenvalue weighted by Crippen LogP contribution is 2.45. The molecule has 4 heterocycles. The highest BCUT2D eigenvalue weighted by Gasteiger charge is 2.19. The Bertz CT molecular complexity index is 3550. The topological polar surface area (TPSA) is 38.7 Å². The van der Waals surface area contributed by atoms with Gasteiger partial charge in [0.15, 0.2) is 5.82 Å². The summed E-state index contributed by atoms with van der Waals surface area (Å²) >= 11 is 3.67. The van der Waals surface area contributed by atoms with Crippen LogP contribution in [0.15, 0.2) is 188 Å². The molecule has 0 spiro atoms. The van der Waals surface area contributed by atoms with Crippen molar-refractivity contribution < 1.29 is 0 Å². The van der Waals surface area contributed by atoms with Crippen LogP contribution in [-0.2, 0) is 0 Å². The molecule has 12 rings (SSSR count). The summed E-state index contributed by atoms with van der Waals surface area (Å²) in [5, 5.41) is 8.63. The van der Waals surface area contributed by atoms with Crippen molar-refractivity contribution >= 4 is 84.7 Å². The largest absolute Gasteiger partial charge is 0.247 e. The predicted octanol–water partition coefficient (Wildman–Crippen LogP) is 15.2. The van der Waals surface area contributed by atoms with Gasteiger partial charge in [-0.25, -0.2) is 15.0 Å². The lowest BCUT2D eigenvalue weighted by atomic mass is 9.95. The van der Waals surface area contributed by atoms with Crippen LogP contribution in [0.4, 0.5) is 0 Å². The second-order valence-corrected chi connectivity index (χ2v) is 16.9. The number of aromatic nitrogens is 3. The SMILES string of the molecule is c1ccc(-c2cc(-c3ccc(-c4ccc5sc6ccc7c(-c8ccccc8)nc8ccccc8c7c6c5c4)cc3)nc(-c3cccc4sc5ccccc5c34)n2)cc1. The number of para-hydroxylation sites is 1. The number of rotatable bonds is 5. The van der Waals surface area contributed by atoms with Gasteiger partial charge in [-0.15, -0.1) is 22.7 Å². The van der Waals surface area contributed by atoms with Crippen molar-refractivity contribution in [3.8, 4) is 56.3 Å². The van der Waals surface area contributed by atoms with Crippen LogP contribution in [0.1, 0.15) is 0 Å². The molecule has 5 heteroatoms. The quantitative estimate of drug-likeness (QED) is 0.164. The van der Waals surface area contributed by atoms with E-state index in [1.165, 1.54) is 62.1 Å². The molecule has 0 aliphatic heterocycles. The number of nitrogens with zero attached hydrogens (tertiary/aromatic N) is 3. The fourth-order valence-electron chi connectivity index (χ4n) is 8.57. The third kappa shape index (κ3) is 5.36. The first kappa shape index (κ1) is 33.1. The van der Waals surface area contributed by atoms with Crippen LogP contribution in [0, 0.1) is 0 Å². The lowest BCUT2D eigenvalue weighted by molar-refractivity contribution is 1.19. The highest BCUT2D eigenvalue weighted by atomic mass is 32.1. The number of pyridine rings is 1. The number of fused-ring (bicyclic) bond motifs is 10. The second kappa shape index (κ2) is 13.3. The van der Waals surface area contributed by atoms with E-state index in [1.54, 1.807) is 0 Å². The summed E-state index contributed by atoms with van der Waals surface area (Å²) in [6.07, 6.45) is 0. The van der Waals surface area contributed by atoms with Crippen molar-refractivity contribution in [1.82, 2.24) is 15.0 Å². The average molecular weight is 774 g/mol. The molecule has 0 saturated carbocycles. The van der Waals surface area contributed by atoms with E-state index >= 15 is 0 Å². The van der Waals surface area contributed by atoms with Crippen molar-refractivity contribution in [2.45, 2.75) is 0 Å². The lowest BCUT2D eigenvalue weighted by Gasteiger charge is -2.12. The first-order chi connectivity index (χ1) is 28.7. The molecule has 58 heavy (non-hydrogen) atoms. The molecule has 0 amide bonds. The number of hydrogen-bond donors (Lipinski definition) is 0. The lowest BCUT2D eigenvalue weighted by Crippen LogP contribution is -1.96. The molecule has 0 N–H and O–H groups in total. The van der Waals surface area contributed by atoms with E-state index in [9.17, 15) is 0 Å². The number of benzene rings is 8. The molecule has 8 aromatic carbocycles. The fraction of sp³-hybridized carbons (Fsp3) is 0. The van der Waals surface area contributed by atoms with Crippen LogP contribution in [0.25, 0.3) is 118 Å². The van der Waals surface area contributed by atoms with E-state index in [-0.39, 0.29) is 0 Å². The summed E-state index contributed by atoms with van der Waals surface area (Å²) in [5.74, 6) is 0.731. The predicted molar refractivity (Wildman–Crippen MR) is 248 cm³/mol. The Morgan fingerprint density at radius 1 is 0.310 bits per heavy atom. The third-order valence-electron chi connectivity index (χ3n) is 11.3. The van der Waals surface area contributed by atoms with Gasteiger partial charge in [0.2, 0.25) is 0 Å². The highest BCUT2D eigenvalue weighted by molar-refractivity contribution is 7.26.